The summed E-state index contributed by atoms with van der Waals surface area (Å²) in [5, 5.41) is 10.9. The van der Waals surface area contributed by atoms with E-state index in [0.29, 0.717) is 0 Å². The highest BCUT2D eigenvalue weighted by Gasteiger charge is 2.26. The van der Waals surface area contributed by atoms with Gasteiger partial charge >= 0.3 is 0 Å². The van der Waals surface area contributed by atoms with Crippen LogP contribution in [-0.2, 0) is 0 Å². The predicted octanol–water partition coefficient (Wildman–Crippen LogP) is 21.3. The van der Waals surface area contributed by atoms with E-state index >= 15 is 0 Å². The quantitative estimate of drug-likeness (QED) is 0.127. The van der Waals surface area contributed by atoms with Gasteiger partial charge in [-0.3, -0.25) is 9.97 Å². The first-order valence-electron chi connectivity index (χ1n) is 27.7. The number of nitrogens with zero attached hydrogens (tertiary/aromatic N) is 4. The van der Waals surface area contributed by atoms with E-state index in [1.54, 1.807) is 0 Å². The summed E-state index contributed by atoms with van der Waals surface area (Å²) in [4.78, 5) is 14.5. The van der Waals surface area contributed by atoms with Crippen LogP contribution >= 0.6 is 0 Å². The topological polar surface area (TPSA) is 58.5 Å². The number of furan rings is 2. The lowest BCUT2D eigenvalue weighted by Crippen LogP contribution is -2.12. The number of hydrogen-bond acceptors (Lipinski definition) is 6. The van der Waals surface area contributed by atoms with Crippen molar-refractivity contribution in [2.24, 2.45) is 0 Å². The average molecular weight is 1050 g/mol. The minimum Gasteiger partial charge on any atom is -0.455 e. The molecule has 0 bridgehead atoms. The Morgan fingerprint density at radius 1 is 0.256 bits per heavy atom. The lowest BCUT2D eigenvalue weighted by molar-refractivity contribution is 0.632. The fourth-order valence-corrected chi connectivity index (χ4v) is 12.3. The minimum absolute atomic E-state index is 0.795. The molecule has 0 unspecified atom stereocenters. The molecule has 82 heavy (non-hydrogen) atoms. The van der Waals surface area contributed by atoms with Gasteiger partial charge in [-0.2, -0.15) is 0 Å². The van der Waals surface area contributed by atoms with Crippen LogP contribution in [0.15, 0.2) is 300 Å². The van der Waals surface area contributed by atoms with Gasteiger partial charge in [-0.1, -0.05) is 194 Å². The van der Waals surface area contributed by atoms with Crippen molar-refractivity contribution in [2.75, 3.05) is 9.80 Å². The first kappa shape index (κ1) is 47.0. The van der Waals surface area contributed by atoms with Crippen molar-refractivity contribution >= 4 is 110 Å². The highest BCUT2D eigenvalue weighted by Crippen LogP contribution is 2.51. The zero-order valence-corrected chi connectivity index (χ0v) is 44.3. The van der Waals surface area contributed by atoms with Gasteiger partial charge in [0.05, 0.1) is 22.4 Å². The van der Waals surface area contributed by atoms with Crippen molar-refractivity contribution < 1.29 is 8.83 Å². The van der Waals surface area contributed by atoms with Gasteiger partial charge in [0, 0.05) is 102 Å². The summed E-state index contributed by atoms with van der Waals surface area (Å²) in [7, 11) is 0. The Bertz CT molecular complexity index is 4790. The number of pyridine rings is 2. The number of aromatic nitrogens is 2. The van der Waals surface area contributed by atoms with Crippen LogP contribution in [0.3, 0.4) is 0 Å². The lowest BCUT2D eigenvalue weighted by atomic mass is 9.93. The number of anilines is 6. The summed E-state index contributed by atoms with van der Waals surface area (Å²) in [6.07, 6.45) is 3.73. The molecule has 384 valence electrons. The third kappa shape index (κ3) is 7.88. The van der Waals surface area contributed by atoms with E-state index in [1.165, 1.54) is 0 Å². The number of rotatable bonds is 10. The minimum atomic E-state index is 0.795. The van der Waals surface area contributed by atoms with Crippen LogP contribution in [0, 0.1) is 0 Å². The molecule has 4 heterocycles. The highest BCUT2D eigenvalue weighted by atomic mass is 16.3. The maximum atomic E-state index is 7.04. The van der Waals surface area contributed by atoms with Gasteiger partial charge in [0.25, 0.3) is 0 Å². The van der Waals surface area contributed by atoms with Crippen molar-refractivity contribution in [1.82, 2.24) is 9.97 Å². The molecular weight excluding hydrogens is 1000 g/mol. The van der Waals surface area contributed by atoms with Crippen LogP contribution in [0.1, 0.15) is 0 Å². The summed E-state index contributed by atoms with van der Waals surface area (Å²) in [6.45, 7) is 0. The fourth-order valence-electron chi connectivity index (χ4n) is 12.3. The SMILES string of the molecule is c1ccc(-c2oc3cc(N(c4ccc5cccnc5c4)c4cc5c6ccccc6c(N(c6ccc7cccnc7c6)c6ccc7c(-c8ccccc8)c(-c8ccccc8)oc7c6)cc5c5ccccc45)ccc3c2-c2ccccc2)cc1. The summed E-state index contributed by atoms with van der Waals surface area (Å²) >= 11 is 0. The Kier molecular flexibility index (Phi) is 11.1. The molecule has 0 aliphatic heterocycles. The Balaban J connectivity index is 0.938. The van der Waals surface area contributed by atoms with Crippen LogP contribution in [0.2, 0.25) is 0 Å². The van der Waals surface area contributed by atoms with Crippen LogP contribution in [0.4, 0.5) is 34.1 Å². The Morgan fingerprint density at radius 3 is 1.02 bits per heavy atom. The van der Waals surface area contributed by atoms with Crippen LogP contribution in [0.25, 0.3) is 121 Å². The third-order valence-electron chi connectivity index (χ3n) is 16.1. The lowest BCUT2D eigenvalue weighted by Gasteiger charge is -2.30. The molecule has 0 N–H and O–H groups in total. The predicted molar refractivity (Wildman–Crippen MR) is 340 cm³/mol. The third-order valence-corrected chi connectivity index (χ3v) is 16.1. The van der Waals surface area contributed by atoms with Gasteiger partial charge in [-0.25, -0.2) is 0 Å². The van der Waals surface area contributed by atoms with Gasteiger partial charge < -0.3 is 18.6 Å². The number of fused-ring (bicyclic) bond motifs is 9. The van der Waals surface area contributed by atoms with Gasteiger partial charge in [-0.15, -0.1) is 0 Å². The molecule has 0 saturated carbocycles. The normalized spacial score (nSPS) is 11.7. The highest BCUT2D eigenvalue weighted by molar-refractivity contribution is 6.25. The zero-order valence-electron chi connectivity index (χ0n) is 44.3. The summed E-state index contributed by atoms with van der Waals surface area (Å²) in [6, 6.07) is 99.1. The fraction of sp³-hybridized carbons (Fsp3) is 0. The van der Waals surface area contributed by atoms with Crippen LogP contribution in [0.5, 0.6) is 0 Å². The van der Waals surface area contributed by atoms with E-state index in [9.17, 15) is 0 Å². The molecule has 16 rings (SSSR count). The molecule has 0 atom stereocenters. The summed E-state index contributed by atoms with van der Waals surface area (Å²) < 4.78 is 14.1. The number of benzene rings is 12. The van der Waals surface area contributed by atoms with Crippen molar-refractivity contribution in [1.29, 1.82) is 0 Å². The standard InChI is InChI=1S/C76H48N4O2/c1-5-19-51(20-6-1)73-63-39-37-57(45-71(63)81-75(73)53-23-9-3-10-24-53)79(55-35-33-49-27-17-41-77-67(49)43-55)69-47-65-60-30-14-16-32-62(60)70(48-66(65)59-29-13-15-31-61(59)69)80(56-36-34-50-28-18-42-78-68(50)44-56)58-38-40-64-72(46-58)82-76(54-25-11-4-12-26-54)74(64)52-21-7-2-8-22-52/h1-48H. The molecule has 4 aromatic heterocycles. The molecule has 0 aliphatic carbocycles. The molecule has 0 spiro atoms. The molecule has 12 aromatic carbocycles. The number of hydrogen-bond donors (Lipinski definition) is 0. The molecule has 6 heteroatoms. The molecule has 0 saturated heterocycles. The van der Waals surface area contributed by atoms with E-state index in [-0.39, 0.29) is 0 Å². The largest absolute Gasteiger partial charge is 0.455 e. The van der Waals surface area contributed by atoms with Crippen LogP contribution in [-0.4, -0.2) is 9.97 Å². The van der Waals surface area contributed by atoms with Crippen molar-refractivity contribution in [2.45, 2.75) is 0 Å². The monoisotopic (exact) mass is 1050 g/mol. The van der Waals surface area contributed by atoms with Crippen molar-refractivity contribution in [3.8, 4) is 44.9 Å². The van der Waals surface area contributed by atoms with E-state index in [4.69, 9.17) is 18.8 Å². The summed E-state index contributed by atoms with van der Waals surface area (Å²) in [5.41, 5.74) is 15.7. The van der Waals surface area contributed by atoms with Crippen molar-refractivity contribution in [3.05, 3.63) is 291 Å². The van der Waals surface area contributed by atoms with E-state index < -0.39 is 0 Å². The molecular formula is C76H48N4O2. The van der Waals surface area contributed by atoms with Gasteiger partial charge in [0.15, 0.2) is 0 Å². The van der Waals surface area contributed by atoms with E-state index in [0.717, 1.165) is 155 Å². The van der Waals surface area contributed by atoms with E-state index in [1.807, 2.05) is 36.7 Å². The van der Waals surface area contributed by atoms with Crippen molar-refractivity contribution in [3.63, 3.8) is 0 Å². The smallest absolute Gasteiger partial charge is 0.143 e. The first-order valence-corrected chi connectivity index (χ1v) is 27.7. The van der Waals surface area contributed by atoms with Gasteiger partial charge in [0.1, 0.15) is 22.7 Å². The van der Waals surface area contributed by atoms with E-state index in [2.05, 4.69) is 265 Å². The zero-order chi connectivity index (χ0) is 54.1. The van der Waals surface area contributed by atoms with Crippen LogP contribution < -0.4 is 9.80 Å². The maximum absolute atomic E-state index is 7.04. The molecule has 0 radical (unpaired) electrons. The summed E-state index contributed by atoms with van der Waals surface area (Å²) in [5.74, 6) is 1.68. The second kappa shape index (κ2) is 19.4. The second-order valence-corrected chi connectivity index (χ2v) is 20.8. The molecule has 0 aliphatic rings. The maximum Gasteiger partial charge on any atom is 0.143 e. The first-order chi connectivity index (χ1) is 40.7. The molecule has 16 aromatic rings. The van der Waals surface area contributed by atoms with Gasteiger partial charge in [-0.05, 0) is 105 Å². The Labute approximate surface area is 472 Å². The average Bonchev–Trinajstić information content (AvgIpc) is 3.85. The molecule has 0 fully saturated rings. The Hall–Kier alpha value is -11.1. The Morgan fingerprint density at radius 2 is 0.610 bits per heavy atom. The van der Waals surface area contributed by atoms with Gasteiger partial charge in [0.2, 0.25) is 0 Å². The molecule has 0 amide bonds. The second-order valence-electron chi connectivity index (χ2n) is 20.8. The molecule has 6 nitrogen and oxygen atoms in total.